The summed E-state index contributed by atoms with van der Waals surface area (Å²) in [6, 6.07) is 13.2. The molecule has 2 aromatic carbocycles. The third-order valence-electron chi connectivity index (χ3n) is 4.12. The molecule has 4 rings (SSSR count). The lowest BCUT2D eigenvalue weighted by Crippen LogP contribution is -2.26. The highest BCUT2D eigenvalue weighted by Gasteiger charge is 2.15. The molecule has 7 heteroatoms. The molecule has 0 bridgehead atoms. The number of aromatic nitrogens is 5. The van der Waals surface area contributed by atoms with Crippen molar-refractivity contribution in [3.05, 3.63) is 72.6 Å². The maximum absolute atomic E-state index is 12.6. The van der Waals surface area contributed by atoms with Crippen molar-refractivity contribution in [2.24, 2.45) is 0 Å². The SMILES string of the molecule is C[C@@H](NC(=O)c1cccc2[nH]cnc12)c1ccc(-n2cncn2)cc1. The third-order valence-corrected chi connectivity index (χ3v) is 4.12. The van der Waals surface area contributed by atoms with E-state index in [4.69, 9.17) is 0 Å². The van der Waals surface area contributed by atoms with Gasteiger partial charge in [-0.15, -0.1) is 0 Å². The van der Waals surface area contributed by atoms with Crippen molar-refractivity contribution in [3.8, 4) is 5.69 Å². The average Bonchev–Trinajstić information content (AvgIpc) is 3.33. The smallest absolute Gasteiger partial charge is 0.254 e. The van der Waals surface area contributed by atoms with Gasteiger partial charge >= 0.3 is 0 Å². The number of imidazole rings is 1. The van der Waals surface area contributed by atoms with Crippen LogP contribution in [0, 0.1) is 0 Å². The van der Waals surface area contributed by atoms with Crippen LogP contribution in [0.25, 0.3) is 16.7 Å². The van der Waals surface area contributed by atoms with E-state index in [-0.39, 0.29) is 11.9 Å². The van der Waals surface area contributed by atoms with Gasteiger partial charge in [0, 0.05) is 0 Å². The number of carbonyl (C=O) groups excluding carboxylic acids is 1. The molecule has 1 atom stereocenters. The zero-order chi connectivity index (χ0) is 17.2. The van der Waals surface area contributed by atoms with E-state index in [0.29, 0.717) is 11.1 Å². The van der Waals surface area contributed by atoms with Gasteiger partial charge in [-0.25, -0.2) is 14.6 Å². The minimum absolute atomic E-state index is 0.133. The number of carbonyl (C=O) groups is 1. The monoisotopic (exact) mass is 332 g/mol. The van der Waals surface area contributed by atoms with Crippen LogP contribution in [-0.2, 0) is 0 Å². The van der Waals surface area contributed by atoms with Crippen LogP contribution in [-0.4, -0.2) is 30.6 Å². The second-order valence-electron chi connectivity index (χ2n) is 5.73. The Morgan fingerprint density at radius 1 is 1.20 bits per heavy atom. The molecule has 0 saturated heterocycles. The molecule has 0 aliphatic carbocycles. The van der Waals surface area contributed by atoms with Crippen molar-refractivity contribution in [1.29, 1.82) is 0 Å². The van der Waals surface area contributed by atoms with Gasteiger partial charge in [0.25, 0.3) is 5.91 Å². The molecule has 2 heterocycles. The number of hydrogen-bond acceptors (Lipinski definition) is 4. The number of fused-ring (bicyclic) bond motifs is 1. The Morgan fingerprint density at radius 2 is 2.04 bits per heavy atom. The summed E-state index contributed by atoms with van der Waals surface area (Å²) < 4.78 is 1.69. The Morgan fingerprint density at radius 3 is 2.80 bits per heavy atom. The van der Waals surface area contributed by atoms with Crippen LogP contribution in [0.15, 0.2) is 61.4 Å². The van der Waals surface area contributed by atoms with E-state index in [2.05, 4.69) is 25.4 Å². The first-order valence-corrected chi connectivity index (χ1v) is 7.90. The van der Waals surface area contributed by atoms with E-state index in [1.807, 2.05) is 43.3 Å². The lowest BCUT2D eigenvalue weighted by molar-refractivity contribution is 0.0941. The summed E-state index contributed by atoms with van der Waals surface area (Å²) in [5.74, 6) is -0.148. The fraction of sp³-hybridized carbons (Fsp3) is 0.111. The fourth-order valence-electron chi connectivity index (χ4n) is 2.76. The summed E-state index contributed by atoms with van der Waals surface area (Å²) >= 11 is 0. The molecule has 7 nitrogen and oxygen atoms in total. The van der Waals surface area contributed by atoms with Crippen LogP contribution in [0.2, 0.25) is 0 Å². The summed E-state index contributed by atoms with van der Waals surface area (Å²) in [5.41, 5.74) is 4.00. The van der Waals surface area contributed by atoms with E-state index in [9.17, 15) is 4.79 Å². The molecule has 1 amide bonds. The Balaban J connectivity index is 1.52. The molecule has 0 spiro atoms. The van der Waals surface area contributed by atoms with Gasteiger partial charge in [0.05, 0.1) is 29.1 Å². The van der Waals surface area contributed by atoms with E-state index in [1.165, 1.54) is 6.33 Å². The summed E-state index contributed by atoms with van der Waals surface area (Å²) in [7, 11) is 0. The first kappa shape index (κ1) is 15.1. The Labute approximate surface area is 143 Å². The quantitative estimate of drug-likeness (QED) is 0.601. The maximum Gasteiger partial charge on any atom is 0.254 e. The lowest BCUT2D eigenvalue weighted by atomic mass is 10.1. The van der Waals surface area contributed by atoms with Crippen LogP contribution in [0.5, 0.6) is 0 Å². The van der Waals surface area contributed by atoms with Crippen LogP contribution < -0.4 is 5.32 Å². The molecule has 0 aliphatic heterocycles. The minimum atomic E-state index is -0.148. The van der Waals surface area contributed by atoms with Gasteiger partial charge in [-0.05, 0) is 36.8 Å². The zero-order valence-corrected chi connectivity index (χ0v) is 13.5. The molecule has 4 aromatic rings. The topological polar surface area (TPSA) is 88.5 Å². The Bertz CT molecular complexity index is 1000. The highest BCUT2D eigenvalue weighted by Crippen LogP contribution is 2.18. The number of nitrogens with zero attached hydrogens (tertiary/aromatic N) is 4. The van der Waals surface area contributed by atoms with Crippen molar-refractivity contribution in [2.45, 2.75) is 13.0 Å². The molecule has 2 aromatic heterocycles. The molecule has 0 aliphatic rings. The van der Waals surface area contributed by atoms with Crippen LogP contribution >= 0.6 is 0 Å². The number of rotatable bonds is 4. The largest absolute Gasteiger partial charge is 0.345 e. The van der Waals surface area contributed by atoms with Crippen molar-refractivity contribution < 1.29 is 4.79 Å². The van der Waals surface area contributed by atoms with E-state index < -0.39 is 0 Å². The first-order chi connectivity index (χ1) is 12.2. The van der Waals surface area contributed by atoms with Crippen LogP contribution in [0.1, 0.15) is 28.9 Å². The lowest BCUT2D eigenvalue weighted by Gasteiger charge is -2.15. The van der Waals surface area contributed by atoms with Crippen molar-refractivity contribution in [3.63, 3.8) is 0 Å². The average molecular weight is 332 g/mol. The minimum Gasteiger partial charge on any atom is -0.345 e. The molecule has 0 unspecified atom stereocenters. The third kappa shape index (κ3) is 2.87. The van der Waals surface area contributed by atoms with Gasteiger partial charge < -0.3 is 10.3 Å². The van der Waals surface area contributed by atoms with E-state index >= 15 is 0 Å². The second-order valence-corrected chi connectivity index (χ2v) is 5.73. The fourth-order valence-corrected chi connectivity index (χ4v) is 2.76. The molecule has 25 heavy (non-hydrogen) atoms. The Hall–Kier alpha value is -3.48. The van der Waals surface area contributed by atoms with Gasteiger partial charge in [0.1, 0.15) is 18.2 Å². The standard InChI is InChI=1S/C18H16N6O/c1-12(13-5-7-14(8-6-13)24-11-19-9-22-24)23-18(25)15-3-2-4-16-17(15)21-10-20-16/h2-12H,1H3,(H,20,21)(H,23,25)/t12-/m1/s1. The van der Waals surface area contributed by atoms with Gasteiger partial charge in [0.15, 0.2) is 0 Å². The molecule has 0 radical (unpaired) electrons. The van der Waals surface area contributed by atoms with Crippen molar-refractivity contribution in [1.82, 2.24) is 30.0 Å². The number of amides is 1. The van der Waals surface area contributed by atoms with Crippen LogP contribution in [0.3, 0.4) is 0 Å². The number of nitrogens with one attached hydrogen (secondary N) is 2. The predicted octanol–water partition coefficient (Wildman–Crippen LogP) is 2.63. The van der Waals surface area contributed by atoms with Crippen molar-refractivity contribution in [2.75, 3.05) is 0 Å². The Kier molecular flexibility index (Phi) is 3.74. The van der Waals surface area contributed by atoms with E-state index in [1.54, 1.807) is 23.4 Å². The number of para-hydroxylation sites is 1. The summed E-state index contributed by atoms with van der Waals surface area (Å²) in [6.45, 7) is 1.95. The number of benzene rings is 2. The molecular formula is C18H16N6O. The van der Waals surface area contributed by atoms with Gasteiger partial charge in [-0.1, -0.05) is 18.2 Å². The number of hydrogen-bond donors (Lipinski definition) is 2. The normalized spacial score (nSPS) is 12.2. The molecule has 124 valence electrons. The summed E-state index contributed by atoms with van der Waals surface area (Å²) in [6.07, 6.45) is 4.73. The predicted molar refractivity (Wildman–Crippen MR) is 93.3 cm³/mol. The summed E-state index contributed by atoms with van der Waals surface area (Å²) in [5, 5.41) is 7.12. The zero-order valence-electron chi connectivity index (χ0n) is 13.5. The van der Waals surface area contributed by atoms with Crippen LogP contribution in [0.4, 0.5) is 0 Å². The highest BCUT2D eigenvalue weighted by atomic mass is 16.1. The number of aromatic amines is 1. The van der Waals surface area contributed by atoms with Gasteiger partial charge in [0.2, 0.25) is 0 Å². The van der Waals surface area contributed by atoms with E-state index in [0.717, 1.165) is 16.8 Å². The highest BCUT2D eigenvalue weighted by molar-refractivity contribution is 6.04. The second kappa shape index (κ2) is 6.20. The molecule has 2 N–H and O–H groups in total. The molecule has 0 fully saturated rings. The summed E-state index contributed by atoms with van der Waals surface area (Å²) in [4.78, 5) is 23.8. The van der Waals surface area contributed by atoms with Gasteiger partial charge in [-0.2, -0.15) is 5.10 Å². The first-order valence-electron chi connectivity index (χ1n) is 7.90. The number of H-pyrrole nitrogens is 1. The van der Waals surface area contributed by atoms with Gasteiger partial charge in [-0.3, -0.25) is 4.79 Å². The molecule has 0 saturated carbocycles. The van der Waals surface area contributed by atoms with Crippen molar-refractivity contribution >= 4 is 16.9 Å². The molecular weight excluding hydrogens is 316 g/mol. The maximum atomic E-state index is 12.6.